The van der Waals surface area contributed by atoms with Crippen molar-refractivity contribution in [2.75, 3.05) is 11.5 Å². The standard InChI is InChI=1S/C13H13N3/c14-12-10-4-2-1-3-8(10)9-5-6-16-7-11(9)13(12)15/h1-6,16H,7,14-15H2. The van der Waals surface area contributed by atoms with E-state index in [1.165, 1.54) is 10.9 Å². The number of fused-ring (bicyclic) bond motifs is 3. The molecule has 1 heterocycles. The SMILES string of the molecule is Nc1c2c(c3ccccc3c1N)C=CNC2. The van der Waals surface area contributed by atoms with Crippen molar-refractivity contribution < 1.29 is 0 Å². The highest BCUT2D eigenvalue weighted by molar-refractivity contribution is 6.05. The smallest absolute Gasteiger partial charge is 0.0631 e. The maximum Gasteiger partial charge on any atom is 0.0631 e. The molecule has 1 aliphatic heterocycles. The second-order valence-electron chi connectivity index (χ2n) is 3.98. The zero-order valence-electron chi connectivity index (χ0n) is 8.83. The van der Waals surface area contributed by atoms with Gasteiger partial charge in [0.25, 0.3) is 0 Å². The fourth-order valence-corrected chi connectivity index (χ4v) is 2.25. The van der Waals surface area contributed by atoms with Crippen molar-refractivity contribution in [3.63, 3.8) is 0 Å². The van der Waals surface area contributed by atoms with Crippen molar-refractivity contribution in [3.8, 4) is 0 Å². The highest BCUT2D eigenvalue weighted by atomic mass is 14.8. The van der Waals surface area contributed by atoms with Crippen LogP contribution in [0, 0.1) is 0 Å². The number of anilines is 2. The second kappa shape index (κ2) is 3.17. The third-order valence-electron chi connectivity index (χ3n) is 3.09. The Morgan fingerprint density at radius 1 is 1.00 bits per heavy atom. The monoisotopic (exact) mass is 211 g/mol. The van der Waals surface area contributed by atoms with E-state index in [-0.39, 0.29) is 0 Å². The third kappa shape index (κ3) is 1.08. The van der Waals surface area contributed by atoms with Crippen molar-refractivity contribution in [3.05, 3.63) is 41.6 Å². The van der Waals surface area contributed by atoms with Gasteiger partial charge in [0.15, 0.2) is 0 Å². The second-order valence-corrected chi connectivity index (χ2v) is 3.98. The highest BCUT2D eigenvalue weighted by Gasteiger charge is 2.15. The van der Waals surface area contributed by atoms with Crippen LogP contribution in [0.25, 0.3) is 16.8 Å². The highest BCUT2D eigenvalue weighted by Crippen LogP contribution is 2.36. The maximum atomic E-state index is 6.07. The minimum Gasteiger partial charge on any atom is -0.397 e. The van der Waals surface area contributed by atoms with Crippen LogP contribution in [0.1, 0.15) is 11.1 Å². The van der Waals surface area contributed by atoms with E-state index < -0.39 is 0 Å². The molecule has 0 saturated heterocycles. The molecule has 0 saturated carbocycles. The predicted molar refractivity (Wildman–Crippen MR) is 68.6 cm³/mol. The number of hydrogen-bond donors (Lipinski definition) is 3. The molecular formula is C13H13N3. The van der Waals surface area contributed by atoms with Gasteiger partial charge >= 0.3 is 0 Å². The fourth-order valence-electron chi connectivity index (χ4n) is 2.25. The van der Waals surface area contributed by atoms with Crippen molar-refractivity contribution in [2.24, 2.45) is 0 Å². The van der Waals surface area contributed by atoms with Crippen LogP contribution in [0.2, 0.25) is 0 Å². The Bertz CT molecular complexity index is 600. The quantitative estimate of drug-likeness (QED) is 0.461. The van der Waals surface area contributed by atoms with Crippen LogP contribution in [0.5, 0.6) is 0 Å². The van der Waals surface area contributed by atoms with Gasteiger partial charge in [-0.05, 0) is 23.2 Å². The molecule has 3 rings (SSSR count). The van der Waals surface area contributed by atoms with Gasteiger partial charge < -0.3 is 16.8 Å². The first-order valence-electron chi connectivity index (χ1n) is 5.27. The summed E-state index contributed by atoms with van der Waals surface area (Å²) in [5.74, 6) is 0. The van der Waals surface area contributed by atoms with Crippen LogP contribution in [0.3, 0.4) is 0 Å². The normalized spacial score (nSPS) is 13.5. The van der Waals surface area contributed by atoms with Crippen LogP contribution in [0.4, 0.5) is 11.4 Å². The van der Waals surface area contributed by atoms with Crippen LogP contribution in [-0.2, 0) is 6.54 Å². The third-order valence-corrected chi connectivity index (χ3v) is 3.09. The topological polar surface area (TPSA) is 64.1 Å². The summed E-state index contributed by atoms with van der Waals surface area (Å²) in [6, 6.07) is 8.10. The van der Waals surface area contributed by atoms with E-state index in [1.54, 1.807) is 0 Å². The molecule has 0 fully saturated rings. The molecule has 0 bridgehead atoms. The van der Waals surface area contributed by atoms with Gasteiger partial charge in [0.05, 0.1) is 11.4 Å². The first-order chi connectivity index (χ1) is 7.79. The van der Waals surface area contributed by atoms with Gasteiger partial charge in [-0.2, -0.15) is 0 Å². The molecule has 2 aromatic carbocycles. The average molecular weight is 211 g/mol. The zero-order chi connectivity index (χ0) is 11.1. The molecule has 0 spiro atoms. The molecule has 0 aliphatic carbocycles. The summed E-state index contributed by atoms with van der Waals surface area (Å²) in [4.78, 5) is 0. The van der Waals surface area contributed by atoms with E-state index in [1.807, 2.05) is 24.4 Å². The molecule has 5 N–H and O–H groups in total. The molecule has 3 heteroatoms. The van der Waals surface area contributed by atoms with Gasteiger partial charge in [0.2, 0.25) is 0 Å². The fraction of sp³-hybridized carbons (Fsp3) is 0.0769. The summed E-state index contributed by atoms with van der Waals surface area (Å²) in [6.07, 6.45) is 4.00. The first kappa shape index (κ1) is 9.09. The number of nitrogens with one attached hydrogen (secondary N) is 1. The lowest BCUT2D eigenvalue weighted by molar-refractivity contribution is 0.864. The van der Waals surface area contributed by atoms with Crippen LogP contribution in [-0.4, -0.2) is 0 Å². The Morgan fingerprint density at radius 2 is 1.75 bits per heavy atom. The van der Waals surface area contributed by atoms with Crippen molar-refractivity contribution in [1.29, 1.82) is 0 Å². The summed E-state index contributed by atoms with van der Waals surface area (Å²) in [7, 11) is 0. The lowest BCUT2D eigenvalue weighted by Gasteiger charge is -2.19. The van der Waals surface area contributed by atoms with Crippen molar-refractivity contribution in [2.45, 2.75) is 6.54 Å². The van der Waals surface area contributed by atoms with E-state index in [9.17, 15) is 0 Å². The molecule has 0 unspecified atom stereocenters. The van der Waals surface area contributed by atoms with Gasteiger partial charge in [-0.15, -0.1) is 0 Å². The van der Waals surface area contributed by atoms with E-state index >= 15 is 0 Å². The molecule has 16 heavy (non-hydrogen) atoms. The Labute approximate surface area is 93.7 Å². The van der Waals surface area contributed by atoms with Crippen molar-refractivity contribution >= 4 is 28.2 Å². The average Bonchev–Trinajstić information content (AvgIpc) is 2.36. The predicted octanol–water partition coefficient (Wildman–Crippen LogP) is 2.08. The Kier molecular flexibility index (Phi) is 1.80. The van der Waals surface area contributed by atoms with E-state index in [0.29, 0.717) is 11.4 Å². The van der Waals surface area contributed by atoms with Crippen LogP contribution in [0.15, 0.2) is 30.5 Å². The van der Waals surface area contributed by atoms with Gasteiger partial charge in [0.1, 0.15) is 0 Å². The Hall–Kier alpha value is -2.16. The molecule has 3 nitrogen and oxygen atoms in total. The minimum absolute atomic E-state index is 0.687. The molecular weight excluding hydrogens is 198 g/mol. The van der Waals surface area contributed by atoms with E-state index in [2.05, 4.69) is 17.5 Å². The van der Waals surface area contributed by atoms with Gasteiger partial charge in [-0.3, -0.25) is 0 Å². The first-order valence-corrected chi connectivity index (χ1v) is 5.27. The summed E-state index contributed by atoms with van der Waals surface area (Å²) >= 11 is 0. The molecule has 0 atom stereocenters. The largest absolute Gasteiger partial charge is 0.397 e. The lowest BCUT2D eigenvalue weighted by Crippen LogP contribution is -2.14. The number of nitrogens with two attached hydrogens (primary N) is 2. The number of rotatable bonds is 0. The molecule has 2 aromatic rings. The van der Waals surface area contributed by atoms with Crippen LogP contribution >= 0.6 is 0 Å². The van der Waals surface area contributed by atoms with Gasteiger partial charge in [-0.1, -0.05) is 24.3 Å². The van der Waals surface area contributed by atoms with Crippen molar-refractivity contribution in [1.82, 2.24) is 5.32 Å². The molecule has 0 aromatic heterocycles. The molecule has 1 aliphatic rings. The zero-order valence-corrected chi connectivity index (χ0v) is 8.83. The summed E-state index contributed by atoms with van der Waals surface area (Å²) in [5.41, 5.74) is 15.8. The number of hydrogen-bond acceptors (Lipinski definition) is 3. The van der Waals surface area contributed by atoms with Gasteiger partial charge in [-0.25, -0.2) is 0 Å². The lowest BCUT2D eigenvalue weighted by atomic mass is 9.94. The van der Waals surface area contributed by atoms with Crippen LogP contribution < -0.4 is 16.8 Å². The van der Waals surface area contributed by atoms with Gasteiger partial charge in [0, 0.05) is 17.5 Å². The minimum atomic E-state index is 0.687. The van der Waals surface area contributed by atoms with E-state index in [4.69, 9.17) is 11.5 Å². The summed E-state index contributed by atoms with van der Waals surface area (Å²) < 4.78 is 0. The Balaban J connectivity index is 2.52. The molecule has 80 valence electrons. The Morgan fingerprint density at radius 3 is 2.56 bits per heavy atom. The summed E-state index contributed by atoms with van der Waals surface area (Å²) in [6.45, 7) is 0.743. The summed E-state index contributed by atoms with van der Waals surface area (Å²) in [5, 5.41) is 5.36. The molecule has 0 radical (unpaired) electrons. The molecule has 0 amide bonds. The number of nitrogen functional groups attached to an aromatic ring is 2. The number of benzene rings is 2. The maximum absolute atomic E-state index is 6.07. The van der Waals surface area contributed by atoms with E-state index in [0.717, 1.165) is 17.5 Å².